The third-order valence-electron chi connectivity index (χ3n) is 4.02. The Hall–Kier alpha value is -1.30. The fourth-order valence-electron chi connectivity index (χ4n) is 2.89. The predicted molar refractivity (Wildman–Crippen MR) is 68.9 cm³/mol. The van der Waals surface area contributed by atoms with Crippen molar-refractivity contribution in [2.75, 3.05) is 26.3 Å². The van der Waals surface area contributed by atoms with Gasteiger partial charge >= 0.3 is 12.0 Å². The Bertz CT molecular complexity index is 348. The van der Waals surface area contributed by atoms with Crippen LogP contribution in [0, 0.1) is 11.8 Å². The van der Waals surface area contributed by atoms with Crippen LogP contribution in [0.3, 0.4) is 0 Å². The Balaban J connectivity index is 1.82. The van der Waals surface area contributed by atoms with Crippen molar-refractivity contribution >= 4 is 12.0 Å². The Morgan fingerprint density at radius 3 is 2.84 bits per heavy atom. The summed E-state index contributed by atoms with van der Waals surface area (Å²) in [5, 5.41) is 11.9. The largest absolute Gasteiger partial charge is 0.480 e. The van der Waals surface area contributed by atoms with Crippen molar-refractivity contribution in [3.63, 3.8) is 0 Å². The minimum absolute atomic E-state index is 0.0726. The first-order valence-corrected chi connectivity index (χ1v) is 6.93. The number of ether oxygens (including phenoxy) is 1. The van der Waals surface area contributed by atoms with Crippen molar-refractivity contribution < 1.29 is 19.4 Å². The zero-order valence-electron chi connectivity index (χ0n) is 11.3. The quantitative estimate of drug-likeness (QED) is 0.799. The highest BCUT2D eigenvalue weighted by atomic mass is 16.5. The molecule has 0 aromatic rings. The zero-order chi connectivity index (χ0) is 13.8. The van der Waals surface area contributed by atoms with Crippen LogP contribution in [-0.2, 0) is 9.53 Å². The average Bonchev–Trinajstić information content (AvgIpc) is 2.81. The first kappa shape index (κ1) is 14.1. The third kappa shape index (κ3) is 3.59. The number of amides is 2. The molecule has 19 heavy (non-hydrogen) atoms. The summed E-state index contributed by atoms with van der Waals surface area (Å²) in [5.74, 6) is 0.254. The lowest BCUT2D eigenvalue weighted by molar-refractivity contribution is -0.147. The zero-order valence-corrected chi connectivity index (χ0v) is 11.3. The number of morpholine rings is 1. The minimum atomic E-state index is -1.01. The predicted octanol–water partition coefficient (Wildman–Crippen LogP) is 0.918. The van der Waals surface area contributed by atoms with Crippen LogP contribution in [0.15, 0.2) is 0 Å². The van der Waals surface area contributed by atoms with Crippen LogP contribution in [0.2, 0.25) is 0 Å². The van der Waals surface area contributed by atoms with Crippen LogP contribution < -0.4 is 5.32 Å². The number of carboxylic acid groups (broad SMARTS) is 1. The van der Waals surface area contributed by atoms with Gasteiger partial charge in [-0.2, -0.15) is 0 Å². The number of nitrogens with one attached hydrogen (secondary N) is 1. The molecular weight excluding hydrogens is 248 g/mol. The van der Waals surface area contributed by atoms with Crippen LogP contribution in [0.4, 0.5) is 4.79 Å². The minimum Gasteiger partial charge on any atom is -0.480 e. The smallest absolute Gasteiger partial charge is 0.328 e. The topological polar surface area (TPSA) is 78.9 Å². The highest BCUT2D eigenvalue weighted by Gasteiger charge is 2.33. The van der Waals surface area contributed by atoms with Crippen molar-refractivity contribution in [1.29, 1.82) is 0 Å². The van der Waals surface area contributed by atoms with Crippen LogP contribution in [-0.4, -0.2) is 54.4 Å². The molecule has 2 rings (SSSR count). The molecule has 1 saturated carbocycles. The van der Waals surface area contributed by atoms with Gasteiger partial charge in [0.15, 0.2) is 6.04 Å². The molecule has 0 radical (unpaired) electrons. The summed E-state index contributed by atoms with van der Waals surface area (Å²) in [7, 11) is 0. The normalized spacial score (nSPS) is 31.2. The standard InChI is InChI=1S/C13H22N2O4/c1-9-2-3-10(6-9)7-14-13(18)15-4-5-19-8-11(15)12(16)17/h9-11H,2-8H2,1H3,(H,14,18)(H,16,17). The van der Waals surface area contributed by atoms with Gasteiger partial charge in [0, 0.05) is 13.1 Å². The Morgan fingerprint density at radius 2 is 2.21 bits per heavy atom. The highest BCUT2D eigenvalue weighted by Crippen LogP contribution is 2.29. The molecule has 0 spiro atoms. The fourth-order valence-corrected chi connectivity index (χ4v) is 2.89. The van der Waals surface area contributed by atoms with E-state index in [2.05, 4.69) is 12.2 Å². The highest BCUT2D eigenvalue weighted by molar-refractivity contribution is 5.83. The molecule has 0 aromatic carbocycles. The Labute approximate surface area is 113 Å². The van der Waals surface area contributed by atoms with Crippen molar-refractivity contribution in [3.05, 3.63) is 0 Å². The summed E-state index contributed by atoms with van der Waals surface area (Å²) in [4.78, 5) is 24.5. The lowest BCUT2D eigenvalue weighted by Crippen LogP contribution is -2.56. The van der Waals surface area contributed by atoms with Crippen LogP contribution in [0.1, 0.15) is 26.2 Å². The van der Waals surface area contributed by atoms with Gasteiger partial charge < -0.3 is 20.1 Å². The summed E-state index contributed by atoms with van der Waals surface area (Å²) in [6.45, 7) is 3.68. The summed E-state index contributed by atoms with van der Waals surface area (Å²) in [6.07, 6.45) is 3.51. The lowest BCUT2D eigenvalue weighted by Gasteiger charge is -2.33. The number of hydrogen-bond donors (Lipinski definition) is 2. The molecule has 1 heterocycles. The molecule has 1 aliphatic carbocycles. The van der Waals surface area contributed by atoms with Crippen molar-refractivity contribution in [1.82, 2.24) is 10.2 Å². The number of rotatable bonds is 3. The molecule has 2 fully saturated rings. The number of nitrogens with zero attached hydrogens (tertiary/aromatic N) is 1. The van der Waals surface area contributed by atoms with Gasteiger partial charge in [-0.3, -0.25) is 0 Å². The van der Waals surface area contributed by atoms with Crippen molar-refractivity contribution in [2.24, 2.45) is 11.8 Å². The molecule has 108 valence electrons. The second-order valence-corrected chi connectivity index (χ2v) is 5.59. The van der Waals surface area contributed by atoms with Gasteiger partial charge in [0.05, 0.1) is 13.2 Å². The molecule has 0 aromatic heterocycles. The number of hydrogen-bond acceptors (Lipinski definition) is 3. The number of carbonyl (C=O) groups excluding carboxylic acids is 1. The number of aliphatic carboxylic acids is 1. The average molecular weight is 270 g/mol. The van der Waals surface area contributed by atoms with Gasteiger partial charge in [0.25, 0.3) is 0 Å². The summed E-state index contributed by atoms with van der Waals surface area (Å²) in [5.41, 5.74) is 0. The SMILES string of the molecule is CC1CCC(CNC(=O)N2CCOCC2C(=O)O)C1. The summed E-state index contributed by atoms with van der Waals surface area (Å²) >= 11 is 0. The molecule has 3 unspecified atom stereocenters. The molecule has 6 heteroatoms. The second kappa shape index (κ2) is 6.23. The maximum absolute atomic E-state index is 12.0. The third-order valence-corrected chi connectivity index (χ3v) is 4.02. The van der Waals surface area contributed by atoms with E-state index in [0.717, 1.165) is 18.8 Å². The lowest BCUT2D eigenvalue weighted by atomic mass is 10.1. The maximum Gasteiger partial charge on any atom is 0.328 e. The number of urea groups is 1. The van der Waals surface area contributed by atoms with E-state index in [4.69, 9.17) is 9.84 Å². The molecule has 2 N–H and O–H groups in total. The monoisotopic (exact) mass is 270 g/mol. The molecule has 2 amide bonds. The molecule has 6 nitrogen and oxygen atoms in total. The maximum atomic E-state index is 12.0. The van der Waals surface area contributed by atoms with E-state index in [1.54, 1.807) is 0 Å². The van der Waals surface area contributed by atoms with Gasteiger partial charge in [0.1, 0.15) is 0 Å². The molecule has 0 bridgehead atoms. The van der Waals surface area contributed by atoms with Gasteiger partial charge in [-0.25, -0.2) is 9.59 Å². The number of carbonyl (C=O) groups is 2. The first-order chi connectivity index (χ1) is 9.08. The van der Waals surface area contributed by atoms with E-state index in [1.165, 1.54) is 11.3 Å². The van der Waals surface area contributed by atoms with Crippen LogP contribution in [0.25, 0.3) is 0 Å². The fraction of sp³-hybridized carbons (Fsp3) is 0.846. The number of carboxylic acids is 1. The first-order valence-electron chi connectivity index (χ1n) is 6.93. The van der Waals surface area contributed by atoms with E-state index in [0.29, 0.717) is 25.6 Å². The Morgan fingerprint density at radius 1 is 1.42 bits per heavy atom. The second-order valence-electron chi connectivity index (χ2n) is 5.59. The van der Waals surface area contributed by atoms with E-state index >= 15 is 0 Å². The van der Waals surface area contributed by atoms with Crippen molar-refractivity contribution in [2.45, 2.75) is 32.2 Å². The van der Waals surface area contributed by atoms with Gasteiger partial charge in [-0.05, 0) is 24.7 Å². The Kier molecular flexibility index (Phi) is 4.63. The molecule has 3 atom stereocenters. The van der Waals surface area contributed by atoms with Crippen LogP contribution >= 0.6 is 0 Å². The van der Waals surface area contributed by atoms with Crippen molar-refractivity contribution in [3.8, 4) is 0 Å². The molecule has 1 aliphatic heterocycles. The van der Waals surface area contributed by atoms with E-state index in [9.17, 15) is 9.59 Å². The van der Waals surface area contributed by atoms with E-state index in [1.807, 2.05) is 0 Å². The van der Waals surface area contributed by atoms with E-state index < -0.39 is 12.0 Å². The van der Waals surface area contributed by atoms with Crippen LogP contribution in [0.5, 0.6) is 0 Å². The molecule has 1 saturated heterocycles. The molecular formula is C13H22N2O4. The van der Waals surface area contributed by atoms with Gasteiger partial charge in [-0.15, -0.1) is 0 Å². The summed E-state index contributed by atoms with van der Waals surface area (Å²) < 4.78 is 5.11. The van der Waals surface area contributed by atoms with Gasteiger partial charge in [-0.1, -0.05) is 13.3 Å². The van der Waals surface area contributed by atoms with Gasteiger partial charge in [0.2, 0.25) is 0 Å². The molecule has 2 aliphatic rings. The van der Waals surface area contributed by atoms with E-state index in [-0.39, 0.29) is 12.6 Å². The summed E-state index contributed by atoms with van der Waals surface area (Å²) in [6, 6.07) is -1.15.